The third-order valence-electron chi connectivity index (χ3n) is 4.52. The van der Waals surface area contributed by atoms with Crippen LogP contribution in [0.5, 0.6) is 5.75 Å². The van der Waals surface area contributed by atoms with E-state index in [2.05, 4.69) is 21.9 Å². The molecule has 25 heavy (non-hydrogen) atoms. The highest BCUT2D eigenvalue weighted by Gasteiger charge is 2.39. The number of hydrogen-bond donors (Lipinski definition) is 1. The van der Waals surface area contributed by atoms with E-state index in [1.165, 1.54) is 0 Å². The fourth-order valence-electron chi connectivity index (χ4n) is 2.81. The smallest absolute Gasteiger partial charge is 0.192 e. The molecular weight excluding hydrogens is 340 g/mol. The van der Waals surface area contributed by atoms with Crippen LogP contribution >= 0.6 is 0 Å². The first kappa shape index (κ1) is 16.1. The molecular formula is C17H20N4O3S. The maximum Gasteiger partial charge on any atom is 0.192 e. The SMILES string of the molecule is COc1cc(Cn2cccn2)cc2onc(NS(=O)CC3(C)CC3)c12. The van der Waals surface area contributed by atoms with Crippen LogP contribution in [0.4, 0.5) is 5.82 Å². The molecule has 4 rings (SSSR count). The summed E-state index contributed by atoms with van der Waals surface area (Å²) in [6.45, 7) is 2.75. The van der Waals surface area contributed by atoms with Crippen molar-refractivity contribution in [2.24, 2.45) is 5.41 Å². The van der Waals surface area contributed by atoms with E-state index in [9.17, 15) is 4.21 Å². The van der Waals surface area contributed by atoms with Gasteiger partial charge in [0.25, 0.3) is 0 Å². The van der Waals surface area contributed by atoms with Crippen LogP contribution in [0, 0.1) is 5.41 Å². The molecule has 1 saturated carbocycles. The third-order valence-corrected chi connectivity index (χ3v) is 5.90. The van der Waals surface area contributed by atoms with Crippen molar-refractivity contribution in [2.75, 3.05) is 17.6 Å². The monoisotopic (exact) mass is 360 g/mol. The molecule has 2 aromatic heterocycles. The van der Waals surface area contributed by atoms with Crippen molar-refractivity contribution in [2.45, 2.75) is 26.3 Å². The quantitative estimate of drug-likeness (QED) is 0.700. The summed E-state index contributed by atoms with van der Waals surface area (Å²) in [4.78, 5) is 0. The van der Waals surface area contributed by atoms with E-state index in [-0.39, 0.29) is 5.41 Å². The van der Waals surface area contributed by atoms with Crippen molar-refractivity contribution in [3.8, 4) is 5.75 Å². The van der Waals surface area contributed by atoms with Crippen LogP contribution in [-0.4, -0.2) is 32.0 Å². The van der Waals surface area contributed by atoms with Crippen LogP contribution in [0.2, 0.25) is 0 Å². The Kier molecular flexibility index (Phi) is 3.99. The fraction of sp³-hybridized carbons (Fsp3) is 0.412. The minimum Gasteiger partial charge on any atom is -0.496 e. The Bertz CT molecular complexity index is 916. The topological polar surface area (TPSA) is 82.2 Å². The molecule has 0 aliphatic heterocycles. The van der Waals surface area contributed by atoms with Crippen molar-refractivity contribution < 1.29 is 13.5 Å². The molecule has 1 aliphatic rings. The van der Waals surface area contributed by atoms with E-state index in [0.29, 0.717) is 34.8 Å². The molecule has 1 unspecified atom stereocenters. The highest BCUT2D eigenvalue weighted by Crippen LogP contribution is 2.45. The lowest BCUT2D eigenvalue weighted by Crippen LogP contribution is -2.15. The Morgan fingerprint density at radius 2 is 2.28 bits per heavy atom. The van der Waals surface area contributed by atoms with Gasteiger partial charge in [-0.2, -0.15) is 5.10 Å². The zero-order chi connectivity index (χ0) is 17.4. The number of anilines is 1. The molecule has 1 aliphatic carbocycles. The Hall–Kier alpha value is -2.35. The molecule has 0 radical (unpaired) electrons. The van der Waals surface area contributed by atoms with E-state index in [0.717, 1.165) is 18.4 Å². The molecule has 2 heterocycles. The van der Waals surface area contributed by atoms with Crippen LogP contribution in [-0.2, 0) is 17.5 Å². The molecule has 3 aromatic rings. The number of methoxy groups -OCH3 is 1. The Balaban J connectivity index is 1.61. The highest BCUT2D eigenvalue weighted by atomic mass is 32.2. The predicted octanol–water partition coefficient (Wildman–Crippen LogP) is 2.96. The van der Waals surface area contributed by atoms with Gasteiger partial charge in [-0.15, -0.1) is 0 Å². The third kappa shape index (κ3) is 3.39. The second kappa shape index (κ2) is 6.18. The number of benzene rings is 1. The summed E-state index contributed by atoms with van der Waals surface area (Å²) < 4.78 is 28.1. The molecule has 1 atom stereocenters. The summed E-state index contributed by atoms with van der Waals surface area (Å²) in [6, 6.07) is 5.71. The summed E-state index contributed by atoms with van der Waals surface area (Å²) in [7, 11) is 0.406. The standard InChI is InChI=1S/C17H20N4O3S/c1-17(4-5-17)11-25(22)20-16-15-13(23-2)8-12(9-14(15)24-19-16)10-21-7-3-6-18-21/h3,6-9H,4-5,10-11H2,1-2H3,(H,19,20). The first-order valence-electron chi connectivity index (χ1n) is 8.15. The molecule has 0 spiro atoms. The lowest BCUT2D eigenvalue weighted by atomic mass is 10.1. The molecule has 1 fully saturated rings. The van der Waals surface area contributed by atoms with E-state index < -0.39 is 11.0 Å². The van der Waals surface area contributed by atoms with Gasteiger partial charge in [0, 0.05) is 18.1 Å². The molecule has 1 N–H and O–H groups in total. The first-order chi connectivity index (χ1) is 12.1. The maximum atomic E-state index is 12.4. The molecule has 8 heteroatoms. The average Bonchev–Trinajstić information content (AvgIpc) is 2.99. The fourth-order valence-corrected chi connectivity index (χ4v) is 4.16. The van der Waals surface area contributed by atoms with E-state index in [4.69, 9.17) is 9.26 Å². The van der Waals surface area contributed by atoms with E-state index in [1.807, 2.05) is 29.1 Å². The summed E-state index contributed by atoms with van der Waals surface area (Å²) in [5.41, 5.74) is 1.78. The summed E-state index contributed by atoms with van der Waals surface area (Å²) in [5, 5.41) is 8.97. The van der Waals surface area contributed by atoms with Crippen LogP contribution in [0.1, 0.15) is 25.3 Å². The van der Waals surface area contributed by atoms with Crippen LogP contribution in [0.25, 0.3) is 11.0 Å². The van der Waals surface area contributed by atoms with Crippen molar-refractivity contribution in [1.82, 2.24) is 14.9 Å². The maximum absolute atomic E-state index is 12.4. The minimum atomic E-state index is -1.20. The van der Waals surface area contributed by atoms with E-state index >= 15 is 0 Å². The molecule has 132 valence electrons. The van der Waals surface area contributed by atoms with Crippen molar-refractivity contribution in [1.29, 1.82) is 0 Å². The van der Waals surface area contributed by atoms with Gasteiger partial charge >= 0.3 is 0 Å². The first-order valence-corrected chi connectivity index (χ1v) is 9.47. The van der Waals surface area contributed by atoms with Gasteiger partial charge in [0.05, 0.1) is 13.7 Å². The number of fused-ring (bicyclic) bond motifs is 1. The lowest BCUT2D eigenvalue weighted by molar-refractivity contribution is 0.418. The Morgan fingerprint density at radius 1 is 1.44 bits per heavy atom. The number of rotatable bonds is 7. The number of ether oxygens (including phenoxy) is 1. The normalized spacial score (nSPS) is 16.7. The molecule has 0 bridgehead atoms. The Labute approximate surface area is 147 Å². The largest absolute Gasteiger partial charge is 0.496 e. The van der Waals surface area contributed by atoms with Gasteiger partial charge in [-0.3, -0.25) is 9.40 Å². The van der Waals surface area contributed by atoms with Gasteiger partial charge in [-0.25, -0.2) is 4.21 Å². The van der Waals surface area contributed by atoms with Crippen molar-refractivity contribution in [3.05, 3.63) is 36.2 Å². The average molecular weight is 360 g/mol. The summed E-state index contributed by atoms with van der Waals surface area (Å²) >= 11 is 0. The Morgan fingerprint density at radius 3 is 2.96 bits per heavy atom. The van der Waals surface area contributed by atoms with Crippen molar-refractivity contribution >= 4 is 27.8 Å². The second-order valence-corrected chi connectivity index (χ2v) is 7.99. The van der Waals surface area contributed by atoms with Gasteiger partial charge < -0.3 is 9.26 Å². The highest BCUT2D eigenvalue weighted by molar-refractivity contribution is 7.86. The summed E-state index contributed by atoms with van der Waals surface area (Å²) in [6.07, 6.45) is 5.88. The van der Waals surface area contributed by atoms with Gasteiger partial charge in [0.15, 0.2) is 11.4 Å². The van der Waals surface area contributed by atoms with E-state index in [1.54, 1.807) is 13.3 Å². The molecule has 0 saturated heterocycles. The summed E-state index contributed by atoms with van der Waals surface area (Å²) in [5.74, 6) is 1.71. The van der Waals surface area contributed by atoms with Crippen molar-refractivity contribution in [3.63, 3.8) is 0 Å². The number of hydrogen-bond acceptors (Lipinski definition) is 5. The van der Waals surface area contributed by atoms with Crippen LogP contribution in [0.15, 0.2) is 35.1 Å². The van der Waals surface area contributed by atoms with Crippen LogP contribution in [0.3, 0.4) is 0 Å². The number of nitrogens with one attached hydrogen (secondary N) is 1. The zero-order valence-corrected chi connectivity index (χ0v) is 15.0. The minimum absolute atomic E-state index is 0.193. The van der Waals surface area contributed by atoms with Gasteiger partial charge in [-0.1, -0.05) is 12.1 Å². The zero-order valence-electron chi connectivity index (χ0n) is 14.2. The van der Waals surface area contributed by atoms with Gasteiger partial charge in [-0.05, 0) is 42.0 Å². The molecule has 0 amide bonds. The second-order valence-electron chi connectivity index (χ2n) is 6.81. The van der Waals surface area contributed by atoms with Gasteiger partial charge in [0.2, 0.25) is 0 Å². The number of aromatic nitrogens is 3. The lowest BCUT2D eigenvalue weighted by Gasteiger charge is -2.09. The molecule has 1 aromatic carbocycles. The van der Waals surface area contributed by atoms with Crippen LogP contribution < -0.4 is 9.46 Å². The number of nitrogens with zero attached hydrogens (tertiary/aromatic N) is 3. The predicted molar refractivity (Wildman–Crippen MR) is 95.9 cm³/mol. The van der Waals surface area contributed by atoms with Gasteiger partial charge in [0.1, 0.15) is 22.1 Å². The molecule has 7 nitrogen and oxygen atoms in total.